The second-order valence-corrected chi connectivity index (χ2v) is 4.57. The monoisotopic (exact) mass is 255 g/mol. The van der Waals surface area contributed by atoms with Crippen molar-refractivity contribution in [2.45, 2.75) is 13.5 Å². The minimum Gasteiger partial charge on any atom is -0.399 e. The van der Waals surface area contributed by atoms with Gasteiger partial charge in [-0.15, -0.1) is 0 Å². The van der Waals surface area contributed by atoms with Crippen molar-refractivity contribution in [1.29, 1.82) is 0 Å². The van der Waals surface area contributed by atoms with Crippen LogP contribution in [-0.4, -0.2) is 22.8 Å². The van der Waals surface area contributed by atoms with Gasteiger partial charge in [-0.3, -0.25) is 4.79 Å². The Morgan fingerprint density at radius 3 is 2.68 bits per heavy atom. The van der Waals surface area contributed by atoms with E-state index < -0.39 is 0 Å². The van der Waals surface area contributed by atoms with E-state index in [-0.39, 0.29) is 5.91 Å². The number of hydrogen-bond acceptors (Lipinski definition) is 3. The maximum absolute atomic E-state index is 12.2. The molecule has 0 aliphatic rings. The molecule has 0 aliphatic carbocycles. The lowest BCUT2D eigenvalue weighted by molar-refractivity contribution is 0.0779. The van der Waals surface area contributed by atoms with Crippen LogP contribution < -0.4 is 5.73 Å². The summed E-state index contributed by atoms with van der Waals surface area (Å²) in [6, 6.07) is 13.0. The second-order valence-electron chi connectivity index (χ2n) is 4.57. The molecule has 2 aromatic rings. The number of nitrogens with two attached hydrogens (primary N) is 1. The van der Waals surface area contributed by atoms with Gasteiger partial charge < -0.3 is 10.6 Å². The minimum absolute atomic E-state index is 0.0916. The molecule has 2 rings (SSSR count). The summed E-state index contributed by atoms with van der Waals surface area (Å²) in [5.74, 6) is -0.0916. The van der Waals surface area contributed by atoms with Gasteiger partial charge in [0.1, 0.15) is 5.69 Å². The number of benzene rings is 1. The summed E-state index contributed by atoms with van der Waals surface area (Å²) in [7, 11) is 1.76. The molecule has 0 atom stereocenters. The van der Waals surface area contributed by atoms with E-state index in [0.29, 0.717) is 17.9 Å². The molecule has 0 fully saturated rings. The van der Waals surface area contributed by atoms with Crippen LogP contribution in [0.1, 0.15) is 21.7 Å². The number of aromatic nitrogens is 1. The number of pyridine rings is 1. The van der Waals surface area contributed by atoms with Crippen LogP contribution in [-0.2, 0) is 6.54 Å². The molecule has 0 spiro atoms. The van der Waals surface area contributed by atoms with E-state index in [1.165, 1.54) is 0 Å². The summed E-state index contributed by atoms with van der Waals surface area (Å²) in [5, 5.41) is 0. The summed E-state index contributed by atoms with van der Waals surface area (Å²) >= 11 is 0. The van der Waals surface area contributed by atoms with Crippen molar-refractivity contribution < 1.29 is 4.79 Å². The third kappa shape index (κ3) is 3.31. The number of hydrogen-bond donors (Lipinski definition) is 1. The topological polar surface area (TPSA) is 59.2 Å². The number of anilines is 1. The molecule has 1 heterocycles. The molecule has 2 N–H and O–H groups in total. The number of nitrogens with zero attached hydrogens (tertiary/aromatic N) is 2. The largest absolute Gasteiger partial charge is 0.399 e. The Kier molecular flexibility index (Phi) is 3.80. The van der Waals surface area contributed by atoms with Gasteiger partial charge in [-0.2, -0.15) is 0 Å². The van der Waals surface area contributed by atoms with Gasteiger partial charge in [-0.1, -0.05) is 18.2 Å². The van der Waals surface area contributed by atoms with Crippen LogP contribution >= 0.6 is 0 Å². The quantitative estimate of drug-likeness (QED) is 0.856. The molecule has 1 aromatic carbocycles. The van der Waals surface area contributed by atoms with Gasteiger partial charge >= 0.3 is 0 Å². The molecule has 0 saturated carbocycles. The number of nitrogen functional groups attached to an aromatic ring is 1. The van der Waals surface area contributed by atoms with Crippen molar-refractivity contribution in [3.05, 3.63) is 59.4 Å². The molecule has 0 bridgehead atoms. The molecule has 4 nitrogen and oxygen atoms in total. The molecule has 0 saturated heterocycles. The van der Waals surface area contributed by atoms with E-state index in [4.69, 9.17) is 5.73 Å². The number of carbonyl (C=O) groups is 1. The van der Waals surface area contributed by atoms with Crippen LogP contribution in [0.4, 0.5) is 5.69 Å². The fourth-order valence-corrected chi connectivity index (χ4v) is 1.89. The van der Waals surface area contributed by atoms with Gasteiger partial charge in [0.05, 0.1) is 0 Å². The van der Waals surface area contributed by atoms with Gasteiger partial charge in [0.25, 0.3) is 5.91 Å². The summed E-state index contributed by atoms with van der Waals surface area (Å²) in [4.78, 5) is 18.1. The minimum atomic E-state index is -0.0916. The lowest BCUT2D eigenvalue weighted by atomic mass is 10.2. The summed E-state index contributed by atoms with van der Waals surface area (Å²) < 4.78 is 0. The number of carbonyl (C=O) groups excluding carboxylic acids is 1. The third-order valence-corrected chi connectivity index (χ3v) is 2.82. The highest BCUT2D eigenvalue weighted by Gasteiger charge is 2.13. The fraction of sp³-hybridized carbons (Fsp3) is 0.200. The zero-order valence-electron chi connectivity index (χ0n) is 11.1. The SMILES string of the molecule is Cc1cccc(C(=O)N(C)Cc2cccc(N)c2)n1. The average molecular weight is 255 g/mol. The van der Waals surface area contributed by atoms with Crippen LogP contribution in [0.2, 0.25) is 0 Å². The maximum atomic E-state index is 12.2. The smallest absolute Gasteiger partial charge is 0.272 e. The number of rotatable bonds is 3. The Morgan fingerprint density at radius 1 is 1.26 bits per heavy atom. The van der Waals surface area contributed by atoms with E-state index in [9.17, 15) is 4.79 Å². The first-order valence-electron chi connectivity index (χ1n) is 6.10. The van der Waals surface area contributed by atoms with Crippen molar-refractivity contribution in [2.75, 3.05) is 12.8 Å². The molecule has 4 heteroatoms. The molecule has 0 unspecified atom stereocenters. The molecule has 0 aliphatic heterocycles. The zero-order chi connectivity index (χ0) is 13.8. The molecule has 19 heavy (non-hydrogen) atoms. The third-order valence-electron chi connectivity index (χ3n) is 2.82. The summed E-state index contributed by atoms with van der Waals surface area (Å²) in [6.45, 7) is 2.38. The molecule has 1 amide bonds. The highest BCUT2D eigenvalue weighted by atomic mass is 16.2. The standard InChI is InChI=1S/C15H17N3O/c1-11-5-3-8-14(17-11)15(19)18(2)10-12-6-4-7-13(16)9-12/h3-9H,10,16H2,1-2H3. The second kappa shape index (κ2) is 5.52. The Hall–Kier alpha value is -2.36. The Balaban J connectivity index is 2.12. The predicted octanol–water partition coefficient (Wildman–Crippen LogP) is 2.24. The predicted molar refractivity (Wildman–Crippen MR) is 75.6 cm³/mol. The van der Waals surface area contributed by atoms with Gasteiger partial charge in [0.15, 0.2) is 0 Å². The lowest BCUT2D eigenvalue weighted by Crippen LogP contribution is -2.27. The van der Waals surface area contributed by atoms with Crippen molar-refractivity contribution >= 4 is 11.6 Å². The highest BCUT2D eigenvalue weighted by Crippen LogP contribution is 2.10. The average Bonchev–Trinajstić information content (AvgIpc) is 2.38. The number of amides is 1. The van der Waals surface area contributed by atoms with E-state index in [0.717, 1.165) is 11.3 Å². The number of aryl methyl sites for hydroxylation is 1. The van der Waals surface area contributed by atoms with E-state index in [1.807, 2.05) is 43.3 Å². The first-order valence-corrected chi connectivity index (χ1v) is 6.10. The zero-order valence-corrected chi connectivity index (χ0v) is 11.1. The van der Waals surface area contributed by atoms with E-state index >= 15 is 0 Å². The van der Waals surface area contributed by atoms with Crippen LogP contribution in [0, 0.1) is 6.92 Å². The summed E-state index contributed by atoms with van der Waals surface area (Å²) in [5.41, 5.74) is 8.73. The Labute approximate surface area is 112 Å². The highest BCUT2D eigenvalue weighted by molar-refractivity contribution is 5.92. The maximum Gasteiger partial charge on any atom is 0.272 e. The first-order chi connectivity index (χ1) is 9.06. The van der Waals surface area contributed by atoms with Crippen molar-refractivity contribution in [3.8, 4) is 0 Å². The Bertz CT molecular complexity index is 595. The molecular formula is C15H17N3O. The van der Waals surface area contributed by atoms with Crippen LogP contribution in [0.3, 0.4) is 0 Å². The molecule has 1 aromatic heterocycles. The van der Waals surface area contributed by atoms with Gasteiger partial charge in [0.2, 0.25) is 0 Å². The van der Waals surface area contributed by atoms with Crippen LogP contribution in [0.15, 0.2) is 42.5 Å². The molecular weight excluding hydrogens is 238 g/mol. The Morgan fingerprint density at radius 2 is 2.00 bits per heavy atom. The van der Waals surface area contributed by atoms with Crippen molar-refractivity contribution in [3.63, 3.8) is 0 Å². The first kappa shape index (κ1) is 13.1. The summed E-state index contributed by atoms with van der Waals surface area (Å²) in [6.07, 6.45) is 0. The van der Waals surface area contributed by atoms with E-state index in [1.54, 1.807) is 18.0 Å². The van der Waals surface area contributed by atoms with E-state index in [2.05, 4.69) is 4.98 Å². The molecule has 0 radical (unpaired) electrons. The lowest BCUT2D eigenvalue weighted by Gasteiger charge is -2.17. The van der Waals surface area contributed by atoms with Crippen molar-refractivity contribution in [2.24, 2.45) is 0 Å². The normalized spacial score (nSPS) is 10.2. The van der Waals surface area contributed by atoms with Gasteiger partial charge in [-0.05, 0) is 36.8 Å². The molecule has 98 valence electrons. The van der Waals surface area contributed by atoms with Gasteiger partial charge in [-0.25, -0.2) is 4.98 Å². The van der Waals surface area contributed by atoms with Crippen LogP contribution in [0.25, 0.3) is 0 Å². The van der Waals surface area contributed by atoms with Crippen LogP contribution in [0.5, 0.6) is 0 Å². The van der Waals surface area contributed by atoms with Crippen molar-refractivity contribution in [1.82, 2.24) is 9.88 Å². The van der Waals surface area contributed by atoms with Gasteiger partial charge in [0, 0.05) is 25.0 Å². The fourth-order valence-electron chi connectivity index (χ4n) is 1.89.